The molecule has 0 radical (unpaired) electrons. The van der Waals surface area contributed by atoms with E-state index in [2.05, 4.69) is 4.98 Å². The number of alkyl halides is 1. The molecule has 0 saturated carbocycles. The summed E-state index contributed by atoms with van der Waals surface area (Å²) in [6.07, 6.45) is 1.84. The minimum atomic E-state index is -0.521. The van der Waals surface area contributed by atoms with Crippen LogP contribution in [0.15, 0.2) is 29.8 Å². The Morgan fingerprint density at radius 3 is 2.95 bits per heavy atom. The van der Waals surface area contributed by atoms with Crippen LogP contribution in [0.4, 0.5) is 5.69 Å². The third kappa shape index (κ3) is 2.55. The van der Waals surface area contributed by atoms with E-state index in [0.29, 0.717) is 17.3 Å². The highest BCUT2D eigenvalue weighted by Crippen LogP contribution is 2.34. The quantitative estimate of drug-likeness (QED) is 0.397. The number of nitro benzene ring substituents is 1. The van der Waals surface area contributed by atoms with Crippen LogP contribution in [0.3, 0.4) is 0 Å². The second-order valence-electron chi connectivity index (χ2n) is 4.03. The number of fused-ring (bicyclic) bond motifs is 1. The van der Waals surface area contributed by atoms with E-state index in [9.17, 15) is 10.1 Å². The molecule has 0 unspecified atom stereocenters. The summed E-state index contributed by atoms with van der Waals surface area (Å²) in [5.74, 6) is 0.852. The molecule has 1 aromatic carbocycles. The molecule has 0 atom stereocenters. The van der Waals surface area contributed by atoms with Gasteiger partial charge in [0.1, 0.15) is 11.4 Å². The Balaban J connectivity index is 1.98. The molecular formula is C12H7Cl2N3O3S. The van der Waals surface area contributed by atoms with Crippen LogP contribution in [0.5, 0.6) is 11.6 Å². The van der Waals surface area contributed by atoms with Crippen molar-refractivity contribution in [1.29, 1.82) is 0 Å². The molecular weight excluding hydrogens is 337 g/mol. The van der Waals surface area contributed by atoms with Crippen molar-refractivity contribution in [2.75, 3.05) is 0 Å². The second kappa shape index (κ2) is 5.51. The number of aromatic nitrogens is 2. The number of non-ortho nitro benzene ring substituents is 1. The van der Waals surface area contributed by atoms with E-state index in [1.54, 1.807) is 0 Å². The van der Waals surface area contributed by atoms with Crippen molar-refractivity contribution in [2.24, 2.45) is 0 Å². The van der Waals surface area contributed by atoms with Crippen molar-refractivity contribution < 1.29 is 9.66 Å². The molecule has 0 aliphatic rings. The lowest BCUT2D eigenvalue weighted by Crippen LogP contribution is -1.93. The largest absolute Gasteiger partial charge is 0.436 e. The number of ether oxygens (including phenoxy) is 1. The zero-order chi connectivity index (χ0) is 15.0. The molecule has 2 heterocycles. The molecule has 3 rings (SSSR count). The van der Waals surface area contributed by atoms with Gasteiger partial charge >= 0.3 is 0 Å². The highest BCUT2D eigenvalue weighted by atomic mass is 35.5. The number of nitrogens with zero attached hydrogens (tertiary/aromatic N) is 3. The summed E-state index contributed by atoms with van der Waals surface area (Å²) in [7, 11) is 0. The Labute approximate surface area is 132 Å². The van der Waals surface area contributed by atoms with Gasteiger partial charge < -0.3 is 4.74 Å². The molecule has 108 valence electrons. The number of hydrogen-bond donors (Lipinski definition) is 0. The molecule has 0 bridgehead atoms. The van der Waals surface area contributed by atoms with Crippen LogP contribution in [0.2, 0.25) is 5.02 Å². The molecule has 0 fully saturated rings. The fraction of sp³-hybridized carbons (Fsp3) is 0.0833. The number of rotatable bonds is 4. The van der Waals surface area contributed by atoms with Gasteiger partial charge in [0.25, 0.3) is 5.69 Å². The fourth-order valence-corrected chi connectivity index (χ4v) is 2.99. The number of halogens is 2. The third-order valence-electron chi connectivity index (χ3n) is 2.78. The molecule has 0 aliphatic heterocycles. The van der Waals surface area contributed by atoms with Gasteiger partial charge in [-0.25, -0.2) is 0 Å². The van der Waals surface area contributed by atoms with Crippen molar-refractivity contribution >= 4 is 45.2 Å². The average molecular weight is 344 g/mol. The highest BCUT2D eigenvalue weighted by Gasteiger charge is 2.17. The number of hydrogen-bond acceptors (Lipinski definition) is 5. The number of thiazole rings is 1. The molecule has 2 aromatic heterocycles. The predicted molar refractivity (Wildman–Crippen MR) is 80.8 cm³/mol. The number of imidazole rings is 1. The lowest BCUT2D eigenvalue weighted by molar-refractivity contribution is -0.384. The van der Waals surface area contributed by atoms with E-state index >= 15 is 0 Å². The first-order chi connectivity index (χ1) is 10.1. The summed E-state index contributed by atoms with van der Waals surface area (Å²) >= 11 is 13.4. The maximum absolute atomic E-state index is 10.7. The summed E-state index contributed by atoms with van der Waals surface area (Å²) in [4.78, 5) is 15.2. The van der Waals surface area contributed by atoms with Gasteiger partial charge in [0, 0.05) is 23.7 Å². The molecule has 0 aliphatic carbocycles. The second-order valence-corrected chi connectivity index (χ2v) is 5.57. The zero-order valence-electron chi connectivity index (χ0n) is 10.3. The Bertz CT molecular complexity index is 830. The first kappa shape index (κ1) is 14.1. The fourth-order valence-electron chi connectivity index (χ4n) is 1.81. The van der Waals surface area contributed by atoms with Crippen LogP contribution in [-0.2, 0) is 5.88 Å². The van der Waals surface area contributed by atoms with Crippen molar-refractivity contribution in [2.45, 2.75) is 5.88 Å². The van der Waals surface area contributed by atoms with E-state index in [1.165, 1.54) is 29.5 Å². The highest BCUT2D eigenvalue weighted by molar-refractivity contribution is 7.15. The van der Waals surface area contributed by atoms with Gasteiger partial charge in [-0.1, -0.05) is 11.6 Å². The van der Waals surface area contributed by atoms with Gasteiger partial charge in [-0.15, -0.1) is 22.9 Å². The summed E-state index contributed by atoms with van der Waals surface area (Å²) in [6.45, 7) is 0. The van der Waals surface area contributed by atoms with E-state index in [1.807, 2.05) is 16.0 Å². The van der Waals surface area contributed by atoms with E-state index in [4.69, 9.17) is 27.9 Å². The first-order valence-electron chi connectivity index (χ1n) is 5.72. The molecule has 6 nitrogen and oxygen atoms in total. The Morgan fingerprint density at radius 1 is 1.48 bits per heavy atom. The summed E-state index contributed by atoms with van der Waals surface area (Å²) in [5, 5.41) is 12.7. The van der Waals surface area contributed by atoms with Gasteiger partial charge in [-0.05, 0) is 6.07 Å². The molecule has 0 N–H and O–H groups in total. The predicted octanol–water partition coefficient (Wildman–Crippen LogP) is 4.49. The topological polar surface area (TPSA) is 69.7 Å². The summed E-state index contributed by atoms with van der Waals surface area (Å²) in [6, 6.07) is 3.99. The zero-order valence-corrected chi connectivity index (χ0v) is 12.7. The maximum atomic E-state index is 10.7. The van der Waals surface area contributed by atoms with E-state index < -0.39 is 4.92 Å². The first-order valence-corrected chi connectivity index (χ1v) is 7.51. The van der Waals surface area contributed by atoms with Crippen LogP contribution in [0.1, 0.15) is 5.69 Å². The standard InChI is InChI=1S/C12H7Cl2N3O3S/c13-6-9-11(15-12-16(9)3-4-21-12)20-10-2-1-7(17(18)19)5-8(10)14/h1-5H,6H2. The summed E-state index contributed by atoms with van der Waals surface area (Å²) < 4.78 is 7.47. The van der Waals surface area contributed by atoms with Gasteiger partial charge in [-0.2, -0.15) is 4.98 Å². The minimum Gasteiger partial charge on any atom is -0.436 e. The minimum absolute atomic E-state index is 0.101. The normalized spacial score (nSPS) is 11.0. The molecule has 3 aromatic rings. The van der Waals surface area contributed by atoms with Gasteiger partial charge in [-0.3, -0.25) is 14.5 Å². The smallest absolute Gasteiger partial charge is 0.271 e. The SMILES string of the molecule is O=[N+]([O-])c1ccc(Oc2nc3sccn3c2CCl)c(Cl)c1. The van der Waals surface area contributed by atoms with Gasteiger partial charge in [0.05, 0.1) is 15.8 Å². The van der Waals surface area contributed by atoms with Crippen LogP contribution < -0.4 is 4.74 Å². The van der Waals surface area contributed by atoms with Crippen molar-refractivity contribution in [1.82, 2.24) is 9.38 Å². The summed E-state index contributed by atoms with van der Waals surface area (Å²) in [5.41, 5.74) is 0.595. The van der Waals surface area contributed by atoms with Gasteiger partial charge in [0.2, 0.25) is 5.88 Å². The van der Waals surface area contributed by atoms with Crippen molar-refractivity contribution in [3.05, 3.63) is 50.6 Å². The van der Waals surface area contributed by atoms with Crippen LogP contribution in [0, 0.1) is 10.1 Å². The molecule has 21 heavy (non-hydrogen) atoms. The average Bonchev–Trinajstić information content (AvgIpc) is 3.00. The Morgan fingerprint density at radius 2 is 2.29 bits per heavy atom. The van der Waals surface area contributed by atoms with Crippen LogP contribution in [0.25, 0.3) is 4.96 Å². The van der Waals surface area contributed by atoms with Crippen molar-refractivity contribution in [3.63, 3.8) is 0 Å². The maximum Gasteiger partial charge on any atom is 0.271 e. The van der Waals surface area contributed by atoms with Crippen molar-refractivity contribution in [3.8, 4) is 11.6 Å². The molecule has 0 saturated heterocycles. The van der Waals surface area contributed by atoms with Gasteiger partial charge in [0.15, 0.2) is 4.96 Å². The molecule has 9 heteroatoms. The Kier molecular flexibility index (Phi) is 3.71. The third-order valence-corrected chi connectivity index (χ3v) is 4.09. The molecule has 0 amide bonds. The van der Waals surface area contributed by atoms with E-state index in [-0.39, 0.29) is 16.6 Å². The van der Waals surface area contributed by atoms with Crippen LogP contribution >= 0.6 is 34.5 Å². The monoisotopic (exact) mass is 343 g/mol. The number of nitro groups is 1. The van der Waals surface area contributed by atoms with Crippen LogP contribution in [-0.4, -0.2) is 14.3 Å². The molecule has 0 spiro atoms. The Hall–Kier alpha value is -1.83. The number of benzene rings is 1. The lowest BCUT2D eigenvalue weighted by atomic mass is 10.3. The lowest BCUT2D eigenvalue weighted by Gasteiger charge is -2.06. The van der Waals surface area contributed by atoms with E-state index in [0.717, 1.165) is 4.96 Å².